The molecule has 2 N–H and O–H groups in total. The number of allylic oxidation sites excluding steroid dienone is 1. The van der Waals surface area contributed by atoms with Crippen molar-refractivity contribution in [3.63, 3.8) is 0 Å². The molecule has 0 fully saturated rings. The maximum absolute atomic E-state index is 10.2. The molecule has 6 heteroatoms. The molecule has 2 aromatic rings. The van der Waals surface area contributed by atoms with E-state index in [9.17, 15) is 5.11 Å². The first-order chi connectivity index (χ1) is 13.6. The third kappa shape index (κ3) is 6.18. The standard InChI is InChI=1S/C22H29NO5/c1-5-6-16-7-10-20(22(11-16)27-4)28-15-18(24)14-23-13-17-8-9-19(25-2)21(12-17)26-3/h5-12,18,23-24H,13-15H2,1-4H3/b6-5+. The van der Waals surface area contributed by atoms with Crippen molar-refractivity contribution < 1.29 is 24.1 Å². The topological polar surface area (TPSA) is 69.2 Å². The third-order valence-electron chi connectivity index (χ3n) is 4.14. The quantitative estimate of drug-likeness (QED) is 0.617. The Kier molecular flexibility index (Phi) is 8.65. The predicted molar refractivity (Wildman–Crippen MR) is 110 cm³/mol. The van der Waals surface area contributed by atoms with Crippen LogP contribution in [-0.4, -0.2) is 45.7 Å². The van der Waals surface area contributed by atoms with E-state index in [2.05, 4.69) is 5.32 Å². The number of nitrogens with one attached hydrogen (secondary N) is 1. The molecular weight excluding hydrogens is 358 g/mol. The van der Waals surface area contributed by atoms with Gasteiger partial charge in [-0.15, -0.1) is 0 Å². The van der Waals surface area contributed by atoms with Gasteiger partial charge in [0.25, 0.3) is 0 Å². The molecule has 1 unspecified atom stereocenters. The third-order valence-corrected chi connectivity index (χ3v) is 4.14. The molecule has 152 valence electrons. The molecule has 2 rings (SSSR count). The summed E-state index contributed by atoms with van der Waals surface area (Å²) in [5.74, 6) is 2.61. The van der Waals surface area contributed by atoms with Crippen molar-refractivity contribution in [3.8, 4) is 23.0 Å². The number of aliphatic hydroxyl groups is 1. The molecule has 28 heavy (non-hydrogen) atoms. The fraction of sp³-hybridized carbons (Fsp3) is 0.364. The lowest BCUT2D eigenvalue weighted by atomic mass is 10.2. The predicted octanol–water partition coefficient (Wildman–Crippen LogP) is 3.28. The number of methoxy groups -OCH3 is 3. The lowest BCUT2D eigenvalue weighted by Crippen LogP contribution is -2.31. The van der Waals surface area contributed by atoms with Crippen LogP contribution in [0.1, 0.15) is 18.1 Å². The highest BCUT2D eigenvalue weighted by atomic mass is 16.5. The highest BCUT2D eigenvalue weighted by Gasteiger charge is 2.10. The van der Waals surface area contributed by atoms with Gasteiger partial charge in [0.2, 0.25) is 0 Å². The molecule has 6 nitrogen and oxygen atoms in total. The minimum atomic E-state index is -0.653. The summed E-state index contributed by atoms with van der Waals surface area (Å²) in [4.78, 5) is 0. The van der Waals surface area contributed by atoms with Crippen molar-refractivity contribution in [2.75, 3.05) is 34.5 Å². The molecule has 0 aliphatic heterocycles. The second kappa shape index (κ2) is 11.2. The minimum absolute atomic E-state index is 0.165. The van der Waals surface area contributed by atoms with Gasteiger partial charge in [-0.1, -0.05) is 24.3 Å². The molecule has 0 saturated heterocycles. The molecule has 0 amide bonds. The second-order valence-corrected chi connectivity index (χ2v) is 6.20. The van der Waals surface area contributed by atoms with Crippen LogP contribution in [0.25, 0.3) is 6.08 Å². The van der Waals surface area contributed by atoms with E-state index in [0.717, 1.165) is 11.1 Å². The lowest BCUT2D eigenvalue weighted by Gasteiger charge is -2.16. The van der Waals surface area contributed by atoms with Crippen LogP contribution in [0.3, 0.4) is 0 Å². The van der Waals surface area contributed by atoms with Gasteiger partial charge in [-0.05, 0) is 42.3 Å². The lowest BCUT2D eigenvalue weighted by molar-refractivity contribution is 0.104. The van der Waals surface area contributed by atoms with E-state index >= 15 is 0 Å². The zero-order valence-corrected chi connectivity index (χ0v) is 16.9. The summed E-state index contributed by atoms with van der Waals surface area (Å²) in [6.45, 7) is 3.12. The molecule has 0 aromatic heterocycles. The Morgan fingerprint density at radius 1 is 0.929 bits per heavy atom. The number of rotatable bonds is 11. The van der Waals surface area contributed by atoms with Crippen LogP contribution < -0.4 is 24.3 Å². The van der Waals surface area contributed by atoms with Crippen LogP contribution in [0.15, 0.2) is 42.5 Å². The minimum Gasteiger partial charge on any atom is -0.493 e. The Hall–Kier alpha value is -2.70. The maximum Gasteiger partial charge on any atom is 0.161 e. The van der Waals surface area contributed by atoms with Gasteiger partial charge in [0.15, 0.2) is 23.0 Å². The zero-order valence-electron chi connectivity index (χ0n) is 16.9. The van der Waals surface area contributed by atoms with Crippen molar-refractivity contribution in [1.82, 2.24) is 5.32 Å². The summed E-state index contributed by atoms with van der Waals surface area (Å²) >= 11 is 0. The van der Waals surface area contributed by atoms with Crippen LogP contribution in [0.4, 0.5) is 0 Å². The zero-order chi connectivity index (χ0) is 20.4. The number of ether oxygens (including phenoxy) is 4. The Morgan fingerprint density at radius 3 is 2.29 bits per heavy atom. The smallest absolute Gasteiger partial charge is 0.161 e. The highest BCUT2D eigenvalue weighted by Crippen LogP contribution is 2.29. The molecule has 2 aromatic carbocycles. The highest BCUT2D eigenvalue weighted by molar-refractivity contribution is 5.55. The summed E-state index contributed by atoms with van der Waals surface area (Å²) in [7, 11) is 4.81. The van der Waals surface area contributed by atoms with Gasteiger partial charge >= 0.3 is 0 Å². The van der Waals surface area contributed by atoms with E-state index in [1.807, 2.05) is 55.5 Å². The van der Waals surface area contributed by atoms with Crippen molar-refractivity contribution in [2.24, 2.45) is 0 Å². The second-order valence-electron chi connectivity index (χ2n) is 6.20. The van der Waals surface area contributed by atoms with Gasteiger partial charge < -0.3 is 29.4 Å². The van der Waals surface area contributed by atoms with Crippen LogP contribution in [0, 0.1) is 0 Å². The molecule has 0 bridgehead atoms. The monoisotopic (exact) mass is 387 g/mol. The molecule has 0 spiro atoms. The Morgan fingerprint density at radius 2 is 1.61 bits per heavy atom. The first-order valence-corrected chi connectivity index (χ1v) is 9.14. The number of hydrogen-bond donors (Lipinski definition) is 2. The van der Waals surface area contributed by atoms with Gasteiger partial charge in [-0.25, -0.2) is 0 Å². The number of benzene rings is 2. The van der Waals surface area contributed by atoms with Gasteiger partial charge in [-0.3, -0.25) is 0 Å². The average molecular weight is 387 g/mol. The fourth-order valence-electron chi connectivity index (χ4n) is 2.72. The van der Waals surface area contributed by atoms with Crippen molar-refractivity contribution in [3.05, 3.63) is 53.6 Å². The summed E-state index contributed by atoms with van der Waals surface area (Å²) in [6.07, 6.45) is 3.29. The van der Waals surface area contributed by atoms with E-state index < -0.39 is 6.10 Å². The van der Waals surface area contributed by atoms with Crippen molar-refractivity contribution in [1.29, 1.82) is 0 Å². The van der Waals surface area contributed by atoms with Crippen LogP contribution in [0.5, 0.6) is 23.0 Å². The summed E-state index contributed by atoms with van der Waals surface area (Å²) in [6, 6.07) is 11.4. The molecule has 0 aliphatic rings. The number of hydrogen-bond acceptors (Lipinski definition) is 6. The van der Waals surface area contributed by atoms with Crippen molar-refractivity contribution >= 4 is 6.08 Å². The van der Waals surface area contributed by atoms with E-state index in [4.69, 9.17) is 18.9 Å². The summed E-state index contributed by atoms with van der Waals surface area (Å²) < 4.78 is 21.6. The molecule has 0 radical (unpaired) electrons. The normalized spacial score (nSPS) is 12.0. The van der Waals surface area contributed by atoms with Gasteiger partial charge in [0.1, 0.15) is 12.7 Å². The van der Waals surface area contributed by atoms with Gasteiger partial charge in [0.05, 0.1) is 21.3 Å². The largest absolute Gasteiger partial charge is 0.493 e. The summed E-state index contributed by atoms with van der Waals surface area (Å²) in [5.41, 5.74) is 2.07. The summed E-state index contributed by atoms with van der Waals surface area (Å²) in [5, 5.41) is 13.4. The van der Waals surface area contributed by atoms with E-state index in [0.29, 0.717) is 36.1 Å². The average Bonchev–Trinajstić information content (AvgIpc) is 2.72. The van der Waals surface area contributed by atoms with Crippen molar-refractivity contribution in [2.45, 2.75) is 19.6 Å². The molecule has 0 aliphatic carbocycles. The van der Waals surface area contributed by atoms with E-state index in [1.54, 1.807) is 21.3 Å². The van der Waals surface area contributed by atoms with Gasteiger partial charge in [-0.2, -0.15) is 0 Å². The van der Waals surface area contributed by atoms with E-state index in [1.165, 1.54) is 0 Å². The Balaban J connectivity index is 1.82. The fourth-order valence-corrected chi connectivity index (χ4v) is 2.72. The van der Waals surface area contributed by atoms with E-state index in [-0.39, 0.29) is 6.61 Å². The molecule has 0 saturated carbocycles. The first kappa shape index (κ1) is 21.6. The van der Waals surface area contributed by atoms with Crippen LogP contribution in [-0.2, 0) is 6.54 Å². The maximum atomic E-state index is 10.2. The molecule has 1 atom stereocenters. The SMILES string of the molecule is C/C=C/c1ccc(OCC(O)CNCc2ccc(OC)c(OC)c2)c(OC)c1. The van der Waals surface area contributed by atoms with Crippen LogP contribution >= 0.6 is 0 Å². The molecule has 0 heterocycles. The Labute approximate surface area is 166 Å². The first-order valence-electron chi connectivity index (χ1n) is 9.14. The van der Waals surface area contributed by atoms with Gasteiger partial charge in [0, 0.05) is 13.1 Å². The van der Waals surface area contributed by atoms with Crippen LogP contribution in [0.2, 0.25) is 0 Å². The Bertz CT molecular complexity index is 776. The molecular formula is C22H29NO5. The number of aliphatic hydroxyl groups excluding tert-OH is 1.